The molecule has 1 amide bonds. The van der Waals surface area contributed by atoms with Crippen LogP contribution in [0.2, 0.25) is 0 Å². The predicted octanol–water partition coefficient (Wildman–Crippen LogP) is 5.68. The van der Waals surface area contributed by atoms with Crippen molar-refractivity contribution in [1.82, 2.24) is 10.3 Å². The van der Waals surface area contributed by atoms with Crippen molar-refractivity contribution in [2.75, 3.05) is 0 Å². The summed E-state index contributed by atoms with van der Waals surface area (Å²) in [4.78, 5) is 16.7. The average Bonchev–Trinajstić information content (AvgIpc) is 3.36. The highest BCUT2D eigenvalue weighted by Crippen LogP contribution is 2.49. The number of nitrogens with one attached hydrogen (secondary N) is 1. The summed E-state index contributed by atoms with van der Waals surface area (Å²) < 4.78 is 99.4. The van der Waals surface area contributed by atoms with E-state index in [4.69, 9.17) is 5.11 Å². The fraction of sp³-hybridized carbons (Fsp3) is 0.308. The number of halogens is 7. The van der Waals surface area contributed by atoms with E-state index < -0.39 is 34.3 Å². The monoisotopic (exact) mass is 576 g/mol. The highest BCUT2D eigenvalue weighted by atomic mass is 32.2. The molecule has 13 heteroatoms. The number of amides is 1. The molecule has 1 saturated carbocycles. The minimum Gasteiger partial charge on any atom is -0.369 e. The summed E-state index contributed by atoms with van der Waals surface area (Å²) in [6, 6.07) is 13.5. The summed E-state index contributed by atoms with van der Waals surface area (Å²) in [5.74, 6) is -0.467. The fourth-order valence-electron chi connectivity index (χ4n) is 3.97. The van der Waals surface area contributed by atoms with Gasteiger partial charge in [-0.05, 0) is 55.7 Å². The third-order valence-corrected chi connectivity index (χ3v) is 7.79. The Bertz CT molecular complexity index is 1240. The molecule has 0 spiro atoms. The molecule has 1 aliphatic rings. The summed E-state index contributed by atoms with van der Waals surface area (Å²) in [7, 11) is -1.17. The molecule has 1 heterocycles. The number of nitrogens with zero attached hydrogens (tertiary/aromatic N) is 1. The number of rotatable bonds is 5. The molecule has 210 valence electrons. The van der Waals surface area contributed by atoms with E-state index >= 15 is 0 Å². The van der Waals surface area contributed by atoms with Gasteiger partial charge in [0, 0.05) is 39.7 Å². The van der Waals surface area contributed by atoms with Gasteiger partial charge in [0.15, 0.2) is 0 Å². The van der Waals surface area contributed by atoms with Crippen molar-refractivity contribution < 1.29 is 44.8 Å². The fourth-order valence-corrected chi connectivity index (χ4v) is 5.51. The molecule has 0 aliphatic heterocycles. The molecule has 3 unspecified atom stereocenters. The Labute approximate surface area is 221 Å². The molecule has 4 rings (SSSR count). The number of carbonyl (C=O) groups excluding carboxylic acids is 1. The number of hydrogen-bond acceptors (Lipinski definition) is 4. The maximum atomic E-state index is 12.9. The molecule has 2 N–H and O–H groups in total. The lowest BCUT2D eigenvalue weighted by molar-refractivity contribution is -0.376. The molecule has 2 aromatic carbocycles. The Morgan fingerprint density at radius 1 is 0.872 bits per heavy atom. The molecular formula is C26H23F7N2O3S. The van der Waals surface area contributed by atoms with E-state index in [0.717, 1.165) is 25.0 Å². The number of aliphatic hydroxyl groups is 1. The van der Waals surface area contributed by atoms with Crippen LogP contribution in [0.3, 0.4) is 0 Å². The zero-order valence-corrected chi connectivity index (χ0v) is 20.9. The molecule has 3 aromatic rings. The average molecular weight is 577 g/mol. The number of alkyl halides is 6. The first-order valence-electron chi connectivity index (χ1n) is 11.5. The lowest BCUT2D eigenvalue weighted by Crippen LogP contribution is -2.53. The smallest absolute Gasteiger partial charge is 0.369 e. The molecule has 0 bridgehead atoms. The van der Waals surface area contributed by atoms with E-state index in [-0.39, 0.29) is 23.0 Å². The minimum absolute atomic E-state index is 0.0109. The lowest BCUT2D eigenvalue weighted by Gasteiger charge is -2.32. The van der Waals surface area contributed by atoms with Crippen LogP contribution in [-0.4, -0.2) is 43.9 Å². The molecule has 0 radical (unpaired) electrons. The standard InChI is InChI=1S/C17H17FN2O2S.C9H6F6O/c18-13-1-4-15(5-2-13)23(22)16-6-3-14(11-16)20-17(21)12-7-9-19-10-8-12;10-8(11,12)7(16,9(13,14)15)6-4-2-1-3-5-6/h1-2,4-5,7-10,14,16H,3,6,11H2,(H,20,21);1-5,16H. The highest BCUT2D eigenvalue weighted by molar-refractivity contribution is 7.85. The van der Waals surface area contributed by atoms with Crippen molar-refractivity contribution in [3.63, 3.8) is 0 Å². The highest BCUT2D eigenvalue weighted by Gasteiger charge is 2.71. The first kappa shape index (κ1) is 30.2. The topological polar surface area (TPSA) is 79.3 Å². The van der Waals surface area contributed by atoms with E-state index in [0.29, 0.717) is 29.0 Å². The van der Waals surface area contributed by atoms with Gasteiger partial charge in [-0.1, -0.05) is 30.3 Å². The summed E-state index contributed by atoms with van der Waals surface area (Å²) in [5, 5.41) is 11.9. The summed E-state index contributed by atoms with van der Waals surface area (Å²) >= 11 is 0. The number of pyridine rings is 1. The predicted molar refractivity (Wildman–Crippen MR) is 128 cm³/mol. The Morgan fingerprint density at radius 2 is 1.44 bits per heavy atom. The third kappa shape index (κ3) is 7.21. The van der Waals surface area contributed by atoms with Crippen LogP contribution in [0, 0.1) is 5.82 Å². The quantitative estimate of drug-likeness (QED) is 0.384. The Kier molecular flexibility index (Phi) is 9.49. The van der Waals surface area contributed by atoms with Gasteiger partial charge in [-0.25, -0.2) is 4.39 Å². The van der Waals surface area contributed by atoms with Gasteiger partial charge in [0.25, 0.3) is 11.5 Å². The van der Waals surface area contributed by atoms with Gasteiger partial charge < -0.3 is 10.4 Å². The van der Waals surface area contributed by atoms with Gasteiger partial charge in [0.2, 0.25) is 0 Å². The molecule has 1 aromatic heterocycles. The van der Waals surface area contributed by atoms with Gasteiger partial charge in [-0.15, -0.1) is 0 Å². The van der Waals surface area contributed by atoms with Crippen molar-refractivity contribution in [3.8, 4) is 0 Å². The third-order valence-electron chi connectivity index (χ3n) is 6.02. The number of carbonyl (C=O) groups is 1. The molecule has 3 atom stereocenters. The first-order valence-corrected chi connectivity index (χ1v) is 12.7. The van der Waals surface area contributed by atoms with Crippen LogP contribution in [0.1, 0.15) is 35.2 Å². The zero-order chi connectivity index (χ0) is 28.8. The number of aromatic nitrogens is 1. The van der Waals surface area contributed by atoms with Crippen LogP contribution in [0.5, 0.6) is 0 Å². The van der Waals surface area contributed by atoms with Crippen molar-refractivity contribution in [2.45, 2.75) is 53.4 Å². The Balaban J connectivity index is 0.000000231. The van der Waals surface area contributed by atoms with Crippen LogP contribution in [0.25, 0.3) is 0 Å². The number of hydrogen-bond donors (Lipinski definition) is 2. The van der Waals surface area contributed by atoms with E-state index in [1.54, 1.807) is 36.7 Å². The van der Waals surface area contributed by atoms with E-state index in [1.807, 2.05) is 0 Å². The van der Waals surface area contributed by atoms with E-state index in [9.17, 15) is 39.7 Å². The molecular weight excluding hydrogens is 553 g/mol. The second-order valence-electron chi connectivity index (χ2n) is 8.66. The molecule has 5 nitrogen and oxygen atoms in total. The normalized spacial score (nSPS) is 18.6. The molecule has 39 heavy (non-hydrogen) atoms. The largest absolute Gasteiger partial charge is 0.430 e. The van der Waals surface area contributed by atoms with E-state index in [2.05, 4.69) is 10.3 Å². The zero-order valence-electron chi connectivity index (χ0n) is 20.0. The van der Waals surface area contributed by atoms with Crippen LogP contribution in [0.4, 0.5) is 30.7 Å². The SMILES string of the molecule is O=C(NC1CCC(S(=O)c2ccc(F)cc2)C1)c1ccncc1.OC(c1ccccc1)(C(F)(F)F)C(F)(F)F. The Hall–Kier alpha value is -3.32. The van der Waals surface area contributed by atoms with E-state index in [1.165, 1.54) is 18.2 Å². The maximum Gasteiger partial charge on any atom is 0.430 e. The van der Waals surface area contributed by atoms with Crippen molar-refractivity contribution in [3.05, 3.63) is 96.1 Å². The van der Waals surface area contributed by atoms with Crippen LogP contribution < -0.4 is 5.32 Å². The molecule has 1 aliphatic carbocycles. The molecule has 0 saturated heterocycles. The van der Waals surface area contributed by atoms with Gasteiger partial charge in [-0.2, -0.15) is 26.3 Å². The van der Waals surface area contributed by atoms with Crippen molar-refractivity contribution in [2.24, 2.45) is 0 Å². The van der Waals surface area contributed by atoms with Gasteiger partial charge in [0.05, 0.1) is 10.8 Å². The van der Waals surface area contributed by atoms with Gasteiger partial charge >= 0.3 is 12.4 Å². The Morgan fingerprint density at radius 3 is 1.97 bits per heavy atom. The van der Waals surface area contributed by atoms with Crippen molar-refractivity contribution in [1.29, 1.82) is 0 Å². The summed E-state index contributed by atoms with van der Waals surface area (Å²) in [5.41, 5.74) is -5.51. The first-order chi connectivity index (χ1) is 18.2. The summed E-state index contributed by atoms with van der Waals surface area (Å²) in [6.07, 6.45) is -6.24. The van der Waals surface area contributed by atoms with Crippen LogP contribution in [0.15, 0.2) is 84.0 Å². The number of benzene rings is 2. The van der Waals surface area contributed by atoms with Crippen LogP contribution in [-0.2, 0) is 16.4 Å². The summed E-state index contributed by atoms with van der Waals surface area (Å²) in [6.45, 7) is 0. The van der Waals surface area contributed by atoms with Gasteiger partial charge in [-0.3, -0.25) is 14.0 Å². The minimum atomic E-state index is -5.83. The maximum absolute atomic E-state index is 12.9. The second-order valence-corrected chi connectivity index (χ2v) is 10.4. The van der Waals surface area contributed by atoms with Gasteiger partial charge in [0.1, 0.15) is 5.82 Å². The lowest BCUT2D eigenvalue weighted by atomic mass is 9.92. The van der Waals surface area contributed by atoms with Crippen molar-refractivity contribution >= 4 is 16.7 Å². The molecule has 1 fully saturated rings. The van der Waals surface area contributed by atoms with Crippen LogP contribution >= 0.6 is 0 Å². The second kappa shape index (κ2) is 12.2.